The molecule has 0 saturated heterocycles. The fourth-order valence-electron chi connectivity index (χ4n) is 2.95. The molecule has 0 aliphatic carbocycles. The van der Waals surface area contributed by atoms with Crippen molar-refractivity contribution in [2.24, 2.45) is 0 Å². The first kappa shape index (κ1) is 21.1. The second-order valence-corrected chi connectivity index (χ2v) is 9.58. The fraction of sp³-hybridized carbons (Fsp3) is 0.136. The first-order chi connectivity index (χ1) is 14.5. The van der Waals surface area contributed by atoms with Crippen molar-refractivity contribution in [2.75, 3.05) is 10.7 Å². The van der Waals surface area contributed by atoms with Crippen LogP contribution in [0, 0.1) is 6.92 Å². The molecule has 4 rings (SSSR count). The maximum Gasteiger partial charge on any atom is 0.239 e. The van der Waals surface area contributed by atoms with E-state index in [0.29, 0.717) is 21.7 Å². The van der Waals surface area contributed by atoms with Gasteiger partial charge in [-0.15, -0.1) is 11.8 Å². The van der Waals surface area contributed by atoms with Crippen LogP contribution in [-0.4, -0.2) is 21.6 Å². The zero-order valence-corrected chi connectivity index (χ0v) is 19.2. The molecule has 0 atom stereocenters. The quantitative estimate of drug-likeness (QED) is 0.294. The molecule has 0 N–H and O–H groups in total. The van der Waals surface area contributed by atoms with Gasteiger partial charge in [0.2, 0.25) is 5.91 Å². The minimum absolute atomic E-state index is 0.0263. The van der Waals surface area contributed by atoms with Crippen LogP contribution in [0.5, 0.6) is 0 Å². The molecule has 2 aromatic heterocycles. The summed E-state index contributed by atoms with van der Waals surface area (Å²) in [6, 6.07) is 15.1. The van der Waals surface area contributed by atoms with Crippen LogP contribution >= 0.6 is 46.3 Å². The molecule has 0 bridgehead atoms. The van der Waals surface area contributed by atoms with Crippen LogP contribution in [0.1, 0.15) is 11.1 Å². The summed E-state index contributed by atoms with van der Waals surface area (Å²) in [5, 5.41) is 1.99. The lowest BCUT2D eigenvalue weighted by molar-refractivity contribution is -0.116. The lowest BCUT2D eigenvalue weighted by Crippen LogP contribution is -2.31. The fourth-order valence-corrected chi connectivity index (χ4v) is 5.29. The molecule has 0 unspecified atom stereocenters. The number of fused-ring (bicyclic) bond motifs is 1. The maximum atomic E-state index is 13.2. The van der Waals surface area contributed by atoms with Crippen LogP contribution in [0.3, 0.4) is 0 Å². The molecule has 0 aliphatic heterocycles. The molecule has 4 nitrogen and oxygen atoms in total. The summed E-state index contributed by atoms with van der Waals surface area (Å²) in [7, 11) is 0. The Kier molecular flexibility index (Phi) is 6.58. The average Bonchev–Trinajstić information content (AvgIpc) is 3.16. The molecule has 0 aliphatic rings. The second kappa shape index (κ2) is 9.35. The number of amides is 1. The van der Waals surface area contributed by atoms with Crippen molar-refractivity contribution < 1.29 is 4.79 Å². The smallest absolute Gasteiger partial charge is 0.239 e. The number of aromatic nitrogens is 2. The van der Waals surface area contributed by atoms with Crippen molar-refractivity contribution in [3.63, 3.8) is 0 Å². The second-order valence-electron chi connectivity index (χ2n) is 6.65. The van der Waals surface area contributed by atoms with E-state index in [1.807, 2.05) is 55.5 Å². The standard InChI is InChI=1S/C22H17Cl2N3OS2/c1-14-9-17(24)10-19-21(14)26-22(30-19)27(12-15-3-2-8-25-11-15)20(28)13-29-18-6-4-16(23)5-7-18/h2-11H,12-13H2,1H3. The number of carbonyl (C=O) groups is 1. The predicted molar refractivity (Wildman–Crippen MR) is 127 cm³/mol. The number of carbonyl (C=O) groups excluding carboxylic acids is 1. The van der Waals surface area contributed by atoms with Gasteiger partial charge in [0, 0.05) is 27.3 Å². The SMILES string of the molecule is Cc1cc(Cl)cc2sc(N(Cc3cccnc3)C(=O)CSc3ccc(Cl)cc3)nc12. The van der Waals surface area contributed by atoms with Crippen LogP contribution in [0.4, 0.5) is 5.13 Å². The third-order valence-corrected chi connectivity index (χ3v) is 6.90. The van der Waals surface area contributed by atoms with Crippen molar-refractivity contribution in [1.29, 1.82) is 0 Å². The van der Waals surface area contributed by atoms with Gasteiger partial charge in [-0.1, -0.05) is 40.6 Å². The van der Waals surface area contributed by atoms with Crippen LogP contribution in [0.25, 0.3) is 10.2 Å². The Hall–Kier alpha value is -2.12. The van der Waals surface area contributed by atoms with Crippen LogP contribution in [0.15, 0.2) is 65.8 Å². The number of pyridine rings is 1. The molecular formula is C22H17Cl2N3OS2. The van der Waals surface area contributed by atoms with Crippen molar-refractivity contribution in [2.45, 2.75) is 18.4 Å². The van der Waals surface area contributed by atoms with Gasteiger partial charge in [-0.2, -0.15) is 0 Å². The highest BCUT2D eigenvalue weighted by Crippen LogP contribution is 2.34. The molecule has 8 heteroatoms. The van der Waals surface area contributed by atoms with Gasteiger partial charge in [0.25, 0.3) is 0 Å². The van der Waals surface area contributed by atoms with Crippen molar-refractivity contribution in [3.8, 4) is 0 Å². The lowest BCUT2D eigenvalue weighted by Gasteiger charge is -2.19. The Labute approximate surface area is 192 Å². The Balaban J connectivity index is 1.63. The number of anilines is 1. The summed E-state index contributed by atoms with van der Waals surface area (Å²) in [5.41, 5.74) is 2.80. The van der Waals surface area contributed by atoms with Gasteiger partial charge in [0.1, 0.15) is 0 Å². The highest BCUT2D eigenvalue weighted by atomic mass is 35.5. The molecule has 152 valence electrons. The van der Waals surface area contributed by atoms with Crippen LogP contribution in [-0.2, 0) is 11.3 Å². The summed E-state index contributed by atoms with van der Waals surface area (Å²) in [6.07, 6.45) is 3.48. The predicted octanol–water partition coefficient (Wildman–Crippen LogP) is 6.63. The van der Waals surface area contributed by atoms with E-state index >= 15 is 0 Å². The minimum atomic E-state index is -0.0263. The molecule has 2 aromatic carbocycles. The molecule has 2 heterocycles. The summed E-state index contributed by atoms with van der Waals surface area (Å²) in [4.78, 5) is 24.8. The van der Waals surface area contributed by atoms with Crippen LogP contribution in [0.2, 0.25) is 10.0 Å². The number of thiazole rings is 1. The van der Waals surface area contributed by atoms with E-state index in [2.05, 4.69) is 4.98 Å². The van der Waals surface area contributed by atoms with Crippen LogP contribution < -0.4 is 4.90 Å². The number of thioether (sulfide) groups is 1. The van der Waals surface area contributed by atoms with E-state index in [9.17, 15) is 4.79 Å². The molecule has 0 saturated carbocycles. The van der Waals surface area contributed by atoms with Gasteiger partial charge in [-0.05, 0) is 60.5 Å². The van der Waals surface area contributed by atoms with E-state index in [-0.39, 0.29) is 11.7 Å². The zero-order chi connectivity index (χ0) is 21.1. The van der Waals surface area contributed by atoms with Gasteiger partial charge in [0.15, 0.2) is 5.13 Å². The topological polar surface area (TPSA) is 46.1 Å². The highest BCUT2D eigenvalue weighted by Gasteiger charge is 2.21. The molecule has 30 heavy (non-hydrogen) atoms. The average molecular weight is 474 g/mol. The van der Waals surface area contributed by atoms with E-state index in [1.165, 1.54) is 23.1 Å². The van der Waals surface area contributed by atoms with E-state index in [0.717, 1.165) is 26.2 Å². The third-order valence-electron chi connectivity index (χ3n) is 4.41. The number of halogens is 2. The Morgan fingerprint density at radius 2 is 1.93 bits per heavy atom. The van der Waals surface area contributed by atoms with Gasteiger partial charge in [-0.3, -0.25) is 14.7 Å². The Morgan fingerprint density at radius 1 is 1.13 bits per heavy atom. The Bertz CT molecular complexity index is 1180. The number of hydrogen-bond acceptors (Lipinski definition) is 5. The largest absolute Gasteiger partial charge is 0.283 e. The first-order valence-corrected chi connectivity index (χ1v) is 11.7. The number of hydrogen-bond donors (Lipinski definition) is 0. The van der Waals surface area contributed by atoms with Crippen molar-refractivity contribution in [1.82, 2.24) is 9.97 Å². The molecule has 4 aromatic rings. The van der Waals surface area contributed by atoms with Gasteiger partial charge >= 0.3 is 0 Å². The molecule has 1 amide bonds. The number of rotatable bonds is 6. The monoisotopic (exact) mass is 473 g/mol. The summed E-state index contributed by atoms with van der Waals surface area (Å²) in [5.74, 6) is 0.263. The molecular weight excluding hydrogens is 457 g/mol. The Morgan fingerprint density at radius 3 is 2.67 bits per heavy atom. The molecule has 0 radical (unpaired) electrons. The van der Waals surface area contributed by atoms with E-state index in [1.54, 1.807) is 17.3 Å². The number of aryl methyl sites for hydroxylation is 1. The number of nitrogens with zero attached hydrogens (tertiary/aromatic N) is 3. The minimum Gasteiger partial charge on any atom is -0.283 e. The van der Waals surface area contributed by atoms with E-state index in [4.69, 9.17) is 28.2 Å². The third kappa shape index (κ3) is 4.95. The normalized spacial score (nSPS) is 11.0. The van der Waals surface area contributed by atoms with E-state index < -0.39 is 0 Å². The van der Waals surface area contributed by atoms with Crippen molar-refractivity contribution in [3.05, 3.63) is 82.1 Å². The van der Waals surface area contributed by atoms with Gasteiger partial charge in [0.05, 0.1) is 22.5 Å². The van der Waals surface area contributed by atoms with Crippen molar-refractivity contribution >= 4 is 67.6 Å². The first-order valence-electron chi connectivity index (χ1n) is 9.14. The zero-order valence-electron chi connectivity index (χ0n) is 16.0. The summed E-state index contributed by atoms with van der Waals surface area (Å²) in [6.45, 7) is 2.38. The van der Waals surface area contributed by atoms with Gasteiger partial charge < -0.3 is 0 Å². The highest BCUT2D eigenvalue weighted by molar-refractivity contribution is 8.00. The molecule has 0 spiro atoms. The summed E-state index contributed by atoms with van der Waals surface area (Å²) < 4.78 is 0.962. The van der Waals surface area contributed by atoms with Gasteiger partial charge in [-0.25, -0.2) is 4.98 Å². The molecule has 0 fully saturated rings. The lowest BCUT2D eigenvalue weighted by atomic mass is 10.2. The maximum absolute atomic E-state index is 13.2. The summed E-state index contributed by atoms with van der Waals surface area (Å²) >= 11 is 15.1. The number of benzene rings is 2.